The normalized spacial score (nSPS) is 16.6. The van der Waals surface area contributed by atoms with Crippen LogP contribution >= 0.6 is 0 Å². The van der Waals surface area contributed by atoms with Gasteiger partial charge in [-0.2, -0.15) is 0 Å². The minimum absolute atomic E-state index is 0.0259. The lowest BCUT2D eigenvalue weighted by molar-refractivity contribution is 0.0693. The maximum absolute atomic E-state index is 12.5. The Labute approximate surface area is 137 Å². The van der Waals surface area contributed by atoms with Gasteiger partial charge in [0.05, 0.1) is 17.8 Å². The summed E-state index contributed by atoms with van der Waals surface area (Å²) in [4.78, 5) is 28.4. The summed E-state index contributed by atoms with van der Waals surface area (Å²) in [7, 11) is 0. The first kappa shape index (κ1) is 14.4. The van der Waals surface area contributed by atoms with Crippen molar-refractivity contribution in [3.63, 3.8) is 0 Å². The molecule has 0 saturated carbocycles. The number of aliphatic imine (C=N–C) groups is 1. The number of benzene rings is 2. The molecular weight excluding hydrogens is 306 g/mol. The third-order valence-electron chi connectivity index (χ3n) is 4.24. The van der Waals surface area contributed by atoms with Crippen LogP contribution in [0.4, 0.5) is 0 Å². The summed E-state index contributed by atoms with van der Waals surface area (Å²) in [5.74, 6) is -1.21. The number of carboxylic acid groups (broad SMARTS) is 1. The van der Waals surface area contributed by atoms with E-state index in [-0.39, 0.29) is 28.4 Å². The van der Waals surface area contributed by atoms with Crippen LogP contribution in [0.25, 0.3) is 0 Å². The Balaban J connectivity index is 1.77. The second-order valence-electron chi connectivity index (χ2n) is 5.74. The Morgan fingerprint density at radius 2 is 2.00 bits per heavy atom. The van der Waals surface area contributed by atoms with Gasteiger partial charge in [0.25, 0.3) is 0 Å². The molecule has 0 atom stereocenters. The standard InChI is InChI=1S/C19H13NO4/c1-10-6-7-13-17(21)15(24-18(13)16(10)19(22)23)8-14-12-5-3-2-4-11(12)9-20-14/h2-8H,9H2,1H3,(H,22,23)/b15-8-. The Hall–Kier alpha value is -3.21. The average molecular weight is 319 g/mol. The van der Waals surface area contributed by atoms with Crippen molar-refractivity contribution in [1.29, 1.82) is 0 Å². The van der Waals surface area contributed by atoms with E-state index in [1.807, 2.05) is 24.3 Å². The van der Waals surface area contributed by atoms with E-state index in [1.165, 1.54) is 0 Å². The Kier molecular flexibility index (Phi) is 3.09. The summed E-state index contributed by atoms with van der Waals surface area (Å²) in [6.45, 7) is 2.24. The number of carboxylic acids is 1. The maximum Gasteiger partial charge on any atom is 0.339 e. The third kappa shape index (κ3) is 2.06. The number of hydrogen-bond acceptors (Lipinski definition) is 4. The zero-order valence-electron chi connectivity index (χ0n) is 12.9. The first-order valence-corrected chi connectivity index (χ1v) is 7.50. The van der Waals surface area contributed by atoms with Crippen LogP contribution in [-0.4, -0.2) is 22.6 Å². The minimum atomic E-state index is -1.11. The molecule has 5 nitrogen and oxygen atoms in total. The van der Waals surface area contributed by atoms with Gasteiger partial charge in [0.1, 0.15) is 5.56 Å². The number of ether oxygens (including phenoxy) is 1. The number of ketones is 1. The zero-order valence-corrected chi connectivity index (χ0v) is 12.9. The highest BCUT2D eigenvalue weighted by atomic mass is 16.5. The molecule has 2 heterocycles. The molecule has 0 bridgehead atoms. The van der Waals surface area contributed by atoms with Gasteiger partial charge in [-0.25, -0.2) is 4.79 Å². The number of rotatable bonds is 2. The molecule has 2 aromatic carbocycles. The predicted octanol–water partition coefficient (Wildman–Crippen LogP) is 3.16. The second kappa shape index (κ2) is 5.16. The molecule has 0 unspecified atom stereocenters. The summed E-state index contributed by atoms with van der Waals surface area (Å²) < 4.78 is 5.62. The monoisotopic (exact) mass is 319 g/mol. The fourth-order valence-electron chi connectivity index (χ4n) is 3.03. The van der Waals surface area contributed by atoms with Crippen LogP contribution in [-0.2, 0) is 6.54 Å². The Morgan fingerprint density at radius 1 is 1.21 bits per heavy atom. The van der Waals surface area contributed by atoms with Crippen LogP contribution < -0.4 is 4.74 Å². The van der Waals surface area contributed by atoms with Crippen LogP contribution in [0.1, 0.15) is 37.4 Å². The zero-order chi connectivity index (χ0) is 16.8. The van der Waals surface area contributed by atoms with Crippen molar-refractivity contribution in [2.45, 2.75) is 13.5 Å². The highest BCUT2D eigenvalue weighted by molar-refractivity contribution is 6.20. The SMILES string of the molecule is Cc1ccc2c(c1C(=O)O)O/C(=C\C1=NCc3ccccc31)C2=O. The smallest absolute Gasteiger partial charge is 0.339 e. The van der Waals surface area contributed by atoms with Gasteiger partial charge in [0.15, 0.2) is 11.5 Å². The van der Waals surface area contributed by atoms with Gasteiger partial charge in [0, 0.05) is 11.6 Å². The van der Waals surface area contributed by atoms with Gasteiger partial charge < -0.3 is 9.84 Å². The van der Waals surface area contributed by atoms with Crippen molar-refractivity contribution >= 4 is 17.5 Å². The van der Waals surface area contributed by atoms with Crippen molar-refractivity contribution < 1.29 is 19.4 Å². The second-order valence-corrected chi connectivity index (χ2v) is 5.74. The minimum Gasteiger partial charge on any atom is -0.478 e. The number of carbonyl (C=O) groups excluding carboxylic acids is 1. The highest BCUT2D eigenvalue weighted by Crippen LogP contribution is 2.36. The molecule has 5 heteroatoms. The van der Waals surface area contributed by atoms with E-state index in [1.54, 1.807) is 25.1 Å². The number of fused-ring (bicyclic) bond motifs is 2. The van der Waals surface area contributed by atoms with E-state index < -0.39 is 5.97 Å². The molecule has 0 fully saturated rings. The summed E-state index contributed by atoms with van der Waals surface area (Å²) >= 11 is 0. The van der Waals surface area contributed by atoms with E-state index in [0.717, 1.165) is 11.1 Å². The number of aryl methyl sites for hydroxylation is 1. The van der Waals surface area contributed by atoms with Crippen molar-refractivity contribution in [2.24, 2.45) is 4.99 Å². The van der Waals surface area contributed by atoms with Gasteiger partial charge >= 0.3 is 5.97 Å². The van der Waals surface area contributed by atoms with Crippen molar-refractivity contribution in [1.82, 2.24) is 0 Å². The van der Waals surface area contributed by atoms with Crippen molar-refractivity contribution in [3.05, 3.63) is 76.1 Å². The van der Waals surface area contributed by atoms with E-state index in [2.05, 4.69) is 4.99 Å². The molecule has 2 aliphatic heterocycles. The van der Waals surface area contributed by atoms with Crippen LogP contribution in [0.2, 0.25) is 0 Å². The van der Waals surface area contributed by atoms with Crippen molar-refractivity contribution in [3.8, 4) is 5.75 Å². The molecule has 24 heavy (non-hydrogen) atoms. The molecule has 0 aromatic heterocycles. The first-order valence-electron chi connectivity index (χ1n) is 7.50. The Bertz CT molecular complexity index is 969. The molecule has 1 N–H and O–H groups in total. The summed E-state index contributed by atoms with van der Waals surface area (Å²) in [5.41, 5.74) is 3.59. The highest BCUT2D eigenvalue weighted by Gasteiger charge is 2.33. The lowest BCUT2D eigenvalue weighted by Crippen LogP contribution is -2.04. The lowest BCUT2D eigenvalue weighted by Gasteiger charge is -2.06. The van der Waals surface area contributed by atoms with E-state index >= 15 is 0 Å². The first-order chi connectivity index (χ1) is 11.6. The summed E-state index contributed by atoms with van der Waals surface area (Å²) in [6.07, 6.45) is 1.59. The molecule has 118 valence electrons. The van der Waals surface area contributed by atoms with E-state index in [4.69, 9.17) is 4.74 Å². The number of aromatic carboxylic acids is 1. The third-order valence-corrected chi connectivity index (χ3v) is 4.24. The molecular formula is C19H13NO4. The van der Waals surface area contributed by atoms with Gasteiger partial charge in [0.2, 0.25) is 5.78 Å². The van der Waals surface area contributed by atoms with Gasteiger partial charge in [-0.05, 0) is 24.1 Å². The number of carbonyl (C=O) groups is 2. The van der Waals surface area contributed by atoms with Crippen LogP contribution in [0.3, 0.4) is 0 Å². The molecule has 4 rings (SSSR count). The van der Waals surface area contributed by atoms with Crippen molar-refractivity contribution in [2.75, 3.05) is 0 Å². The van der Waals surface area contributed by atoms with Gasteiger partial charge in [-0.3, -0.25) is 9.79 Å². The topological polar surface area (TPSA) is 76.0 Å². The van der Waals surface area contributed by atoms with E-state index in [0.29, 0.717) is 17.8 Å². The summed E-state index contributed by atoms with van der Waals surface area (Å²) in [6, 6.07) is 11.0. The fraction of sp³-hybridized carbons (Fsp3) is 0.105. The van der Waals surface area contributed by atoms with E-state index in [9.17, 15) is 14.7 Å². The van der Waals surface area contributed by atoms with Crippen LogP contribution in [0, 0.1) is 6.92 Å². The molecule has 2 aromatic rings. The predicted molar refractivity (Wildman–Crippen MR) is 87.9 cm³/mol. The molecule has 0 amide bonds. The summed E-state index contributed by atoms with van der Waals surface area (Å²) in [5, 5.41) is 9.38. The molecule has 0 radical (unpaired) electrons. The number of nitrogens with zero attached hydrogens (tertiary/aromatic N) is 1. The molecule has 0 aliphatic carbocycles. The lowest BCUT2D eigenvalue weighted by atomic mass is 10.0. The van der Waals surface area contributed by atoms with Gasteiger partial charge in [-0.15, -0.1) is 0 Å². The number of hydrogen-bond donors (Lipinski definition) is 1. The largest absolute Gasteiger partial charge is 0.478 e. The average Bonchev–Trinajstić information content (AvgIpc) is 3.10. The van der Waals surface area contributed by atoms with Crippen LogP contribution in [0.5, 0.6) is 5.75 Å². The Morgan fingerprint density at radius 3 is 2.79 bits per heavy atom. The fourth-order valence-corrected chi connectivity index (χ4v) is 3.03. The van der Waals surface area contributed by atoms with Crippen LogP contribution in [0.15, 0.2) is 53.2 Å². The number of allylic oxidation sites excluding steroid dienone is 2. The maximum atomic E-state index is 12.5. The molecule has 0 spiro atoms. The quantitative estimate of drug-likeness (QED) is 0.863. The molecule has 0 saturated heterocycles. The molecule has 2 aliphatic rings. The van der Waals surface area contributed by atoms with Gasteiger partial charge in [-0.1, -0.05) is 30.3 Å². The number of Topliss-reactive ketones (excluding diaryl/α,β-unsaturated/α-hetero) is 1.